The lowest BCUT2D eigenvalue weighted by Crippen LogP contribution is -2.30. The summed E-state index contributed by atoms with van der Waals surface area (Å²) in [4.78, 5) is 13.7. The number of esters is 1. The second kappa shape index (κ2) is 12.5. The summed E-state index contributed by atoms with van der Waals surface area (Å²) in [7, 11) is 0. The fourth-order valence-corrected chi connectivity index (χ4v) is 2.31. The lowest BCUT2D eigenvalue weighted by molar-refractivity contribution is -0.143. The first-order chi connectivity index (χ1) is 9.17. The van der Waals surface area contributed by atoms with Crippen LogP contribution in [0.15, 0.2) is 0 Å². The van der Waals surface area contributed by atoms with Crippen molar-refractivity contribution in [2.45, 2.75) is 66.2 Å². The highest BCUT2D eigenvalue weighted by Gasteiger charge is 2.09. The summed E-state index contributed by atoms with van der Waals surface area (Å²) in [5.74, 6) is 0.784. The molecule has 0 aliphatic carbocycles. The highest BCUT2D eigenvalue weighted by atomic mass is 16.5. The first-order valence-corrected chi connectivity index (χ1v) is 8.05. The van der Waals surface area contributed by atoms with Gasteiger partial charge in [0.25, 0.3) is 0 Å². The van der Waals surface area contributed by atoms with Crippen LogP contribution in [-0.4, -0.2) is 37.1 Å². The van der Waals surface area contributed by atoms with Crippen LogP contribution >= 0.6 is 0 Å². The van der Waals surface area contributed by atoms with Crippen molar-refractivity contribution < 1.29 is 9.53 Å². The maximum Gasteiger partial charge on any atom is 0.305 e. The van der Waals surface area contributed by atoms with Crippen LogP contribution in [0.2, 0.25) is 0 Å². The van der Waals surface area contributed by atoms with E-state index < -0.39 is 0 Å². The number of unbranched alkanes of at least 4 members (excludes halogenated alkanes) is 2. The predicted molar refractivity (Wildman–Crippen MR) is 81.3 cm³/mol. The Balaban J connectivity index is 3.63. The smallest absolute Gasteiger partial charge is 0.305 e. The molecular weight excluding hydrogens is 238 g/mol. The van der Waals surface area contributed by atoms with Gasteiger partial charge in [-0.25, -0.2) is 0 Å². The highest BCUT2D eigenvalue weighted by Crippen LogP contribution is 2.11. The van der Waals surface area contributed by atoms with E-state index in [-0.39, 0.29) is 5.97 Å². The van der Waals surface area contributed by atoms with Gasteiger partial charge in [0.1, 0.15) is 0 Å². The lowest BCUT2D eigenvalue weighted by Gasteiger charge is -2.25. The zero-order chi connectivity index (χ0) is 14.5. The van der Waals surface area contributed by atoms with E-state index in [1.807, 2.05) is 6.92 Å². The van der Waals surface area contributed by atoms with Gasteiger partial charge in [0.2, 0.25) is 0 Å². The standard InChI is InChI=1S/C16H33NO2/c1-5-15(6-2)14-17(7-3)13-11-9-10-12-16(18)19-8-4/h15H,5-14H2,1-4H3. The largest absolute Gasteiger partial charge is 0.466 e. The van der Waals surface area contributed by atoms with Crippen molar-refractivity contribution in [3.63, 3.8) is 0 Å². The summed E-state index contributed by atoms with van der Waals surface area (Å²) >= 11 is 0. The highest BCUT2D eigenvalue weighted by molar-refractivity contribution is 5.69. The van der Waals surface area contributed by atoms with E-state index in [0.29, 0.717) is 13.0 Å². The van der Waals surface area contributed by atoms with E-state index in [1.165, 1.54) is 25.8 Å². The average molecular weight is 271 g/mol. The lowest BCUT2D eigenvalue weighted by atomic mass is 10.0. The Bertz CT molecular complexity index is 215. The molecule has 0 fully saturated rings. The van der Waals surface area contributed by atoms with Gasteiger partial charge in [-0.15, -0.1) is 0 Å². The normalized spacial score (nSPS) is 11.3. The number of ether oxygens (including phenoxy) is 1. The summed E-state index contributed by atoms with van der Waals surface area (Å²) in [5.41, 5.74) is 0. The monoisotopic (exact) mass is 271 g/mol. The van der Waals surface area contributed by atoms with Crippen LogP contribution in [0.1, 0.15) is 66.2 Å². The van der Waals surface area contributed by atoms with Gasteiger partial charge >= 0.3 is 5.97 Å². The molecule has 0 radical (unpaired) electrons. The van der Waals surface area contributed by atoms with Crippen LogP contribution < -0.4 is 0 Å². The molecule has 0 N–H and O–H groups in total. The summed E-state index contributed by atoms with van der Waals surface area (Å²) in [6, 6.07) is 0. The van der Waals surface area contributed by atoms with Gasteiger partial charge in [-0.2, -0.15) is 0 Å². The van der Waals surface area contributed by atoms with Crippen molar-refractivity contribution in [2.24, 2.45) is 5.92 Å². The molecule has 0 aliphatic heterocycles. The number of carbonyl (C=O) groups excluding carboxylic acids is 1. The second-order valence-corrected chi connectivity index (χ2v) is 5.19. The fraction of sp³-hybridized carbons (Fsp3) is 0.938. The molecule has 0 spiro atoms. The third-order valence-electron chi connectivity index (χ3n) is 3.78. The number of nitrogens with zero attached hydrogens (tertiary/aromatic N) is 1. The van der Waals surface area contributed by atoms with Crippen LogP contribution in [0.5, 0.6) is 0 Å². The molecule has 0 rings (SSSR count). The number of hydrogen-bond acceptors (Lipinski definition) is 3. The van der Waals surface area contributed by atoms with Crippen molar-refractivity contribution in [3.05, 3.63) is 0 Å². The molecule has 0 aromatic rings. The Morgan fingerprint density at radius 3 is 2.26 bits per heavy atom. The van der Waals surface area contributed by atoms with E-state index in [2.05, 4.69) is 25.7 Å². The first kappa shape index (κ1) is 18.4. The molecule has 3 heteroatoms. The molecule has 0 aromatic carbocycles. The Hall–Kier alpha value is -0.570. The number of hydrogen-bond donors (Lipinski definition) is 0. The van der Waals surface area contributed by atoms with Gasteiger partial charge < -0.3 is 9.64 Å². The Morgan fingerprint density at radius 2 is 1.74 bits per heavy atom. The average Bonchev–Trinajstić information content (AvgIpc) is 2.42. The Morgan fingerprint density at radius 1 is 1.05 bits per heavy atom. The van der Waals surface area contributed by atoms with Gasteiger partial charge in [-0.3, -0.25) is 4.79 Å². The van der Waals surface area contributed by atoms with Gasteiger partial charge in [0, 0.05) is 13.0 Å². The van der Waals surface area contributed by atoms with Gasteiger partial charge in [-0.1, -0.05) is 40.0 Å². The van der Waals surface area contributed by atoms with Crippen LogP contribution in [0.3, 0.4) is 0 Å². The van der Waals surface area contributed by atoms with Crippen molar-refractivity contribution in [1.29, 1.82) is 0 Å². The molecular formula is C16H33NO2. The molecule has 0 bridgehead atoms. The van der Waals surface area contributed by atoms with Gasteiger partial charge in [-0.05, 0) is 38.8 Å². The second-order valence-electron chi connectivity index (χ2n) is 5.19. The van der Waals surface area contributed by atoms with Crippen LogP contribution in [-0.2, 0) is 9.53 Å². The molecule has 0 saturated heterocycles. The minimum Gasteiger partial charge on any atom is -0.466 e. The van der Waals surface area contributed by atoms with Crippen LogP contribution in [0.4, 0.5) is 0 Å². The maximum absolute atomic E-state index is 11.2. The SMILES string of the molecule is CCOC(=O)CCCCCN(CC)CC(CC)CC. The molecule has 0 amide bonds. The first-order valence-electron chi connectivity index (χ1n) is 8.05. The third kappa shape index (κ3) is 9.94. The summed E-state index contributed by atoms with van der Waals surface area (Å²) in [6.07, 6.45) is 6.39. The summed E-state index contributed by atoms with van der Waals surface area (Å²) < 4.78 is 4.92. The van der Waals surface area contributed by atoms with E-state index in [4.69, 9.17) is 4.74 Å². The van der Waals surface area contributed by atoms with Crippen molar-refractivity contribution >= 4 is 5.97 Å². The molecule has 0 heterocycles. The van der Waals surface area contributed by atoms with E-state index in [0.717, 1.165) is 31.8 Å². The minimum atomic E-state index is -0.0492. The Kier molecular flexibility index (Phi) is 12.1. The zero-order valence-corrected chi connectivity index (χ0v) is 13.4. The molecule has 0 aliphatic rings. The topological polar surface area (TPSA) is 29.5 Å². The van der Waals surface area contributed by atoms with Crippen LogP contribution in [0, 0.1) is 5.92 Å². The predicted octanol–water partition coefficient (Wildman–Crippen LogP) is 3.87. The molecule has 3 nitrogen and oxygen atoms in total. The molecule has 19 heavy (non-hydrogen) atoms. The number of rotatable bonds is 12. The minimum absolute atomic E-state index is 0.0492. The van der Waals surface area contributed by atoms with Crippen molar-refractivity contribution in [3.8, 4) is 0 Å². The summed E-state index contributed by atoms with van der Waals surface area (Å²) in [5, 5.41) is 0. The van der Waals surface area contributed by atoms with Crippen molar-refractivity contribution in [2.75, 3.05) is 26.2 Å². The van der Waals surface area contributed by atoms with Crippen molar-refractivity contribution in [1.82, 2.24) is 4.90 Å². The van der Waals surface area contributed by atoms with E-state index >= 15 is 0 Å². The van der Waals surface area contributed by atoms with Crippen LogP contribution in [0.25, 0.3) is 0 Å². The summed E-state index contributed by atoms with van der Waals surface area (Å²) in [6.45, 7) is 12.7. The molecule has 0 saturated carbocycles. The van der Waals surface area contributed by atoms with Gasteiger partial charge in [0.05, 0.1) is 6.61 Å². The molecule has 0 atom stereocenters. The van der Waals surface area contributed by atoms with Gasteiger partial charge in [0.15, 0.2) is 0 Å². The quantitative estimate of drug-likeness (QED) is 0.398. The third-order valence-corrected chi connectivity index (χ3v) is 3.78. The molecule has 114 valence electrons. The molecule has 0 unspecified atom stereocenters. The van der Waals surface area contributed by atoms with E-state index in [9.17, 15) is 4.79 Å². The Labute approximate surface area is 119 Å². The zero-order valence-electron chi connectivity index (χ0n) is 13.4. The van der Waals surface area contributed by atoms with E-state index in [1.54, 1.807) is 0 Å². The number of carbonyl (C=O) groups is 1. The molecule has 0 aromatic heterocycles. The maximum atomic E-state index is 11.2. The fourth-order valence-electron chi connectivity index (χ4n) is 2.31.